The molecular formula is C20H28N6O2. The normalized spacial score (nSPS) is 18.3. The molecule has 0 radical (unpaired) electrons. The quantitative estimate of drug-likeness (QED) is 0.843. The van der Waals surface area contributed by atoms with Crippen LogP contribution in [-0.2, 0) is 0 Å². The fourth-order valence-corrected chi connectivity index (χ4v) is 3.93. The Morgan fingerprint density at radius 3 is 2.68 bits per heavy atom. The number of hydrogen-bond donors (Lipinski definition) is 1. The molecule has 8 heteroatoms. The van der Waals surface area contributed by atoms with Gasteiger partial charge in [0.25, 0.3) is 5.91 Å². The van der Waals surface area contributed by atoms with Gasteiger partial charge in [-0.2, -0.15) is 0 Å². The summed E-state index contributed by atoms with van der Waals surface area (Å²) in [6.07, 6.45) is 3.86. The van der Waals surface area contributed by atoms with Crippen molar-refractivity contribution < 1.29 is 9.53 Å². The number of nitrogens with one attached hydrogen (secondary N) is 1. The van der Waals surface area contributed by atoms with Crippen molar-refractivity contribution in [1.82, 2.24) is 25.2 Å². The maximum atomic E-state index is 12.9. The van der Waals surface area contributed by atoms with E-state index in [2.05, 4.69) is 26.6 Å². The average molecular weight is 384 g/mol. The van der Waals surface area contributed by atoms with Crippen LogP contribution in [0, 0.1) is 0 Å². The summed E-state index contributed by atoms with van der Waals surface area (Å²) >= 11 is 0. The van der Waals surface area contributed by atoms with Gasteiger partial charge in [-0.25, -0.2) is 4.68 Å². The second kappa shape index (κ2) is 8.60. The predicted molar refractivity (Wildman–Crippen MR) is 107 cm³/mol. The standard InChI is InChI=1S/C20H28N6O2/c1-2-28-19-6-4-3-5-18(19)24-11-13-25(14-12-24)20(27)17-15-26(23-22-17)16-7-9-21-10-8-16/h3-6,15-16,21H,2,7-14H2,1H3. The molecule has 1 N–H and O–H groups in total. The molecule has 0 atom stereocenters. The van der Waals surface area contributed by atoms with Crippen molar-refractivity contribution in [1.29, 1.82) is 0 Å². The number of hydrogen-bond acceptors (Lipinski definition) is 6. The molecule has 2 aliphatic heterocycles. The van der Waals surface area contributed by atoms with Crippen LogP contribution in [0.25, 0.3) is 0 Å². The number of piperidine rings is 1. The van der Waals surface area contributed by atoms with E-state index >= 15 is 0 Å². The molecule has 28 heavy (non-hydrogen) atoms. The Morgan fingerprint density at radius 1 is 1.18 bits per heavy atom. The van der Waals surface area contributed by atoms with E-state index in [9.17, 15) is 4.79 Å². The lowest BCUT2D eigenvalue weighted by Crippen LogP contribution is -2.49. The molecule has 1 amide bonds. The van der Waals surface area contributed by atoms with E-state index in [1.165, 1.54) is 0 Å². The van der Waals surface area contributed by atoms with Crippen molar-refractivity contribution in [3.8, 4) is 5.75 Å². The lowest BCUT2D eigenvalue weighted by atomic mass is 10.1. The fourth-order valence-electron chi connectivity index (χ4n) is 3.93. The highest BCUT2D eigenvalue weighted by atomic mass is 16.5. The summed E-state index contributed by atoms with van der Waals surface area (Å²) in [6, 6.07) is 8.42. The third-order valence-corrected chi connectivity index (χ3v) is 5.48. The van der Waals surface area contributed by atoms with Crippen LogP contribution in [-0.4, -0.2) is 71.7 Å². The Kier molecular flexibility index (Phi) is 5.76. The summed E-state index contributed by atoms with van der Waals surface area (Å²) in [5.74, 6) is 0.868. The number of nitrogens with zero attached hydrogens (tertiary/aromatic N) is 5. The number of carbonyl (C=O) groups excluding carboxylic acids is 1. The highest BCUT2D eigenvalue weighted by Gasteiger charge is 2.26. The minimum atomic E-state index is -0.0297. The zero-order chi connectivity index (χ0) is 19.3. The van der Waals surface area contributed by atoms with Gasteiger partial charge >= 0.3 is 0 Å². The molecule has 4 rings (SSSR count). The Morgan fingerprint density at radius 2 is 1.93 bits per heavy atom. The number of rotatable bonds is 5. The Balaban J connectivity index is 1.37. The lowest BCUT2D eigenvalue weighted by molar-refractivity contribution is 0.0740. The number of ether oxygens (including phenoxy) is 1. The predicted octanol–water partition coefficient (Wildman–Crippen LogP) is 1.56. The maximum absolute atomic E-state index is 12.9. The van der Waals surface area contributed by atoms with E-state index in [0.29, 0.717) is 31.4 Å². The van der Waals surface area contributed by atoms with E-state index in [-0.39, 0.29) is 5.91 Å². The Labute approximate surface area is 165 Å². The van der Waals surface area contributed by atoms with Crippen LogP contribution in [0.2, 0.25) is 0 Å². The molecule has 0 bridgehead atoms. The zero-order valence-electron chi connectivity index (χ0n) is 16.4. The second-order valence-electron chi connectivity index (χ2n) is 7.24. The van der Waals surface area contributed by atoms with Crippen molar-refractivity contribution in [2.45, 2.75) is 25.8 Å². The average Bonchev–Trinajstić information content (AvgIpc) is 3.25. The highest BCUT2D eigenvalue weighted by molar-refractivity contribution is 5.92. The van der Waals surface area contributed by atoms with E-state index in [1.54, 1.807) is 0 Å². The SMILES string of the molecule is CCOc1ccccc1N1CCN(C(=O)c2cn(C3CCNCC3)nn2)CC1. The second-order valence-corrected chi connectivity index (χ2v) is 7.24. The number of carbonyl (C=O) groups is 1. The maximum Gasteiger partial charge on any atom is 0.276 e. The fraction of sp³-hybridized carbons (Fsp3) is 0.550. The molecule has 2 fully saturated rings. The summed E-state index contributed by atoms with van der Waals surface area (Å²) in [4.78, 5) is 17.0. The first kappa shape index (κ1) is 18.7. The Hall–Kier alpha value is -2.61. The first-order chi connectivity index (χ1) is 13.8. The topological polar surface area (TPSA) is 75.5 Å². The van der Waals surface area contributed by atoms with E-state index in [4.69, 9.17) is 4.74 Å². The van der Waals surface area contributed by atoms with Gasteiger partial charge in [0.1, 0.15) is 5.75 Å². The number of amides is 1. The minimum Gasteiger partial charge on any atom is -0.492 e. The molecular weight excluding hydrogens is 356 g/mol. The van der Waals surface area contributed by atoms with Crippen molar-refractivity contribution in [3.63, 3.8) is 0 Å². The van der Waals surface area contributed by atoms with Gasteiger partial charge in [0, 0.05) is 26.2 Å². The zero-order valence-corrected chi connectivity index (χ0v) is 16.4. The van der Waals surface area contributed by atoms with Crippen LogP contribution >= 0.6 is 0 Å². The van der Waals surface area contributed by atoms with Crippen LogP contribution in [0.1, 0.15) is 36.3 Å². The largest absolute Gasteiger partial charge is 0.492 e. The van der Waals surface area contributed by atoms with Crippen LogP contribution in [0.3, 0.4) is 0 Å². The van der Waals surface area contributed by atoms with Gasteiger partial charge in [-0.1, -0.05) is 17.3 Å². The number of benzene rings is 1. The van der Waals surface area contributed by atoms with Gasteiger partial charge in [-0.15, -0.1) is 5.10 Å². The van der Waals surface area contributed by atoms with Crippen molar-refractivity contribution in [3.05, 3.63) is 36.2 Å². The monoisotopic (exact) mass is 384 g/mol. The number of para-hydroxylation sites is 2. The van der Waals surface area contributed by atoms with Crippen LogP contribution < -0.4 is 15.0 Å². The summed E-state index contributed by atoms with van der Waals surface area (Å²) in [5.41, 5.74) is 1.54. The number of aromatic nitrogens is 3. The molecule has 2 saturated heterocycles. The number of anilines is 1. The molecule has 150 valence electrons. The van der Waals surface area contributed by atoms with Crippen LogP contribution in [0.4, 0.5) is 5.69 Å². The summed E-state index contributed by atoms with van der Waals surface area (Å²) in [6.45, 7) is 7.49. The smallest absolute Gasteiger partial charge is 0.276 e. The molecule has 2 aromatic rings. The van der Waals surface area contributed by atoms with Gasteiger partial charge in [-0.05, 0) is 45.0 Å². The van der Waals surface area contributed by atoms with E-state index in [0.717, 1.165) is 50.5 Å². The van der Waals surface area contributed by atoms with Crippen molar-refractivity contribution in [2.24, 2.45) is 0 Å². The molecule has 0 spiro atoms. The van der Waals surface area contributed by atoms with Crippen molar-refractivity contribution >= 4 is 11.6 Å². The molecule has 8 nitrogen and oxygen atoms in total. The van der Waals surface area contributed by atoms with Crippen molar-refractivity contribution in [2.75, 3.05) is 50.8 Å². The molecule has 0 unspecified atom stereocenters. The molecule has 1 aromatic carbocycles. The summed E-state index contributed by atoms with van der Waals surface area (Å²) in [5, 5.41) is 11.7. The first-order valence-corrected chi connectivity index (χ1v) is 10.1. The molecule has 3 heterocycles. The first-order valence-electron chi connectivity index (χ1n) is 10.1. The third-order valence-electron chi connectivity index (χ3n) is 5.48. The molecule has 1 aromatic heterocycles. The van der Waals surface area contributed by atoms with E-state index < -0.39 is 0 Å². The van der Waals surface area contributed by atoms with Crippen LogP contribution in [0.5, 0.6) is 5.75 Å². The molecule has 0 aliphatic carbocycles. The molecule has 2 aliphatic rings. The third kappa shape index (κ3) is 3.96. The summed E-state index contributed by atoms with van der Waals surface area (Å²) < 4.78 is 7.61. The van der Waals surface area contributed by atoms with Gasteiger partial charge < -0.3 is 19.9 Å². The molecule has 0 saturated carbocycles. The highest BCUT2D eigenvalue weighted by Crippen LogP contribution is 2.29. The van der Waals surface area contributed by atoms with E-state index in [1.807, 2.05) is 40.9 Å². The minimum absolute atomic E-state index is 0.0297. The number of piperazine rings is 1. The van der Waals surface area contributed by atoms with Crippen LogP contribution in [0.15, 0.2) is 30.5 Å². The summed E-state index contributed by atoms with van der Waals surface area (Å²) in [7, 11) is 0. The van der Waals surface area contributed by atoms with Gasteiger partial charge in [-0.3, -0.25) is 4.79 Å². The Bertz CT molecular complexity index is 793. The van der Waals surface area contributed by atoms with Gasteiger partial charge in [0.05, 0.1) is 24.5 Å². The lowest BCUT2D eigenvalue weighted by Gasteiger charge is -2.36. The van der Waals surface area contributed by atoms with Gasteiger partial charge in [0.15, 0.2) is 5.69 Å². The van der Waals surface area contributed by atoms with Gasteiger partial charge in [0.2, 0.25) is 0 Å².